The number of nitrogens with one attached hydrogen (secondary N) is 2. The molecule has 0 atom stereocenters. The van der Waals surface area contributed by atoms with Crippen LogP contribution < -0.4 is 10.1 Å². The third-order valence-electron chi connectivity index (χ3n) is 2.21. The number of nitrogens with zero attached hydrogens (tertiary/aromatic N) is 1. The maximum atomic E-state index is 11.6. The van der Waals surface area contributed by atoms with Gasteiger partial charge in [0.25, 0.3) is 5.91 Å². The predicted octanol–water partition coefficient (Wildman–Crippen LogP) is 1.74. The van der Waals surface area contributed by atoms with Gasteiger partial charge in [-0.2, -0.15) is 5.10 Å². The summed E-state index contributed by atoms with van der Waals surface area (Å²) in [6.07, 6.45) is 1.65. The quantitative estimate of drug-likeness (QED) is 0.842. The van der Waals surface area contributed by atoms with Gasteiger partial charge in [0, 0.05) is 5.56 Å². The minimum Gasteiger partial charge on any atom is -0.484 e. The van der Waals surface area contributed by atoms with E-state index in [2.05, 4.69) is 15.5 Å². The molecule has 0 saturated carbocycles. The molecule has 1 aromatic heterocycles. The lowest BCUT2D eigenvalue weighted by molar-refractivity contribution is -0.118. The van der Waals surface area contributed by atoms with Gasteiger partial charge in [0.1, 0.15) is 11.6 Å². The van der Waals surface area contributed by atoms with Crippen LogP contribution in [-0.2, 0) is 4.79 Å². The van der Waals surface area contributed by atoms with Gasteiger partial charge in [-0.1, -0.05) is 18.2 Å². The number of amides is 1. The predicted molar refractivity (Wildman–Crippen MR) is 63.9 cm³/mol. The highest BCUT2D eigenvalue weighted by Crippen LogP contribution is 2.10. The Kier molecular flexibility index (Phi) is 3.40. The molecular weight excluding hydrogens is 218 g/mol. The topological polar surface area (TPSA) is 67.0 Å². The number of rotatable bonds is 4. The van der Waals surface area contributed by atoms with Gasteiger partial charge >= 0.3 is 0 Å². The Hall–Kier alpha value is -2.30. The van der Waals surface area contributed by atoms with Crippen molar-refractivity contribution in [2.45, 2.75) is 6.92 Å². The zero-order chi connectivity index (χ0) is 12.1. The van der Waals surface area contributed by atoms with Crippen LogP contribution >= 0.6 is 0 Å². The number of benzene rings is 1. The average molecular weight is 231 g/mol. The minimum atomic E-state index is -0.221. The number of anilines is 1. The zero-order valence-corrected chi connectivity index (χ0v) is 9.43. The summed E-state index contributed by atoms with van der Waals surface area (Å²) in [7, 11) is 0. The second kappa shape index (κ2) is 5.16. The van der Waals surface area contributed by atoms with Gasteiger partial charge in [-0.15, -0.1) is 0 Å². The fourth-order valence-electron chi connectivity index (χ4n) is 1.31. The Bertz CT molecular complexity index is 493. The van der Waals surface area contributed by atoms with Crippen LogP contribution in [0.5, 0.6) is 5.75 Å². The molecule has 0 aliphatic carbocycles. The molecule has 2 aromatic rings. The average Bonchev–Trinajstić information content (AvgIpc) is 2.74. The maximum Gasteiger partial charge on any atom is 0.263 e. The molecule has 0 bridgehead atoms. The van der Waals surface area contributed by atoms with Gasteiger partial charge in [-0.05, 0) is 19.1 Å². The maximum absolute atomic E-state index is 11.6. The molecule has 2 N–H and O–H groups in total. The van der Waals surface area contributed by atoms with E-state index < -0.39 is 0 Å². The van der Waals surface area contributed by atoms with E-state index in [0.717, 1.165) is 5.56 Å². The van der Waals surface area contributed by atoms with Gasteiger partial charge in [-0.3, -0.25) is 9.89 Å². The summed E-state index contributed by atoms with van der Waals surface area (Å²) >= 11 is 0. The van der Waals surface area contributed by atoms with E-state index >= 15 is 0 Å². The molecule has 1 amide bonds. The fourth-order valence-corrected chi connectivity index (χ4v) is 1.31. The number of aromatic amines is 1. The van der Waals surface area contributed by atoms with E-state index in [1.54, 1.807) is 18.3 Å². The third-order valence-corrected chi connectivity index (χ3v) is 2.21. The summed E-state index contributed by atoms with van der Waals surface area (Å²) < 4.78 is 5.31. The Morgan fingerprint density at radius 2 is 2.18 bits per heavy atom. The van der Waals surface area contributed by atoms with Crippen molar-refractivity contribution in [1.29, 1.82) is 0 Å². The summed E-state index contributed by atoms with van der Waals surface area (Å²) in [6, 6.07) is 9.20. The van der Waals surface area contributed by atoms with Crippen molar-refractivity contribution in [3.8, 4) is 5.75 Å². The van der Waals surface area contributed by atoms with Gasteiger partial charge in [0.2, 0.25) is 0 Å². The van der Waals surface area contributed by atoms with E-state index in [1.165, 1.54) is 0 Å². The number of hydrogen-bond donors (Lipinski definition) is 2. The van der Waals surface area contributed by atoms with E-state index in [1.807, 2.05) is 25.1 Å². The molecule has 17 heavy (non-hydrogen) atoms. The highest BCUT2D eigenvalue weighted by molar-refractivity contribution is 5.91. The molecule has 0 fully saturated rings. The number of carbonyl (C=O) groups excluding carboxylic acids is 1. The van der Waals surface area contributed by atoms with Gasteiger partial charge in [-0.25, -0.2) is 0 Å². The molecule has 1 aromatic carbocycles. The molecular formula is C12H13N3O2. The Labute approximate surface area is 98.8 Å². The smallest absolute Gasteiger partial charge is 0.263 e. The van der Waals surface area contributed by atoms with Crippen molar-refractivity contribution >= 4 is 11.7 Å². The molecule has 0 aliphatic rings. The summed E-state index contributed by atoms with van der Waals surface area (Å²) in [5.74, 6) is 1.05. The van der Waals surface area contributed by atoms with Crippen LogP contribution in [0.3, 0.4) is 0 Å². The van der Waals surface area contributed by atoms with Crippen LogP contribution in [-0.4, -0.2) is 22.7 Å². The molecule has 0 aliphatic heterocycles. The molecule has 0 saturated heterocycles. The molecule has 0 spiro atoms. The number of para-hydroxylation sites is 1. The largest absolute Gasteiger partial charge is 0.484 e. The lowest BCUT2D eigenvalue weighted by Gasteiger charge is -2.06. The Morgan fingerprint density at radius 3 is 2.82 bits per heavy atom. The third kappa shape index (κ3) is 3.07. The fraction of sp³-hybridized carbons (Fsp3) is 0.167. The van der Waals surface area contributed by atoms with Crippen LogP contribution in [0.25, 0.3) is 0 Å². The minimum absolute atomic E-state index is 0.0253. The van der Waals surface area contributed by atoms with Gasteiger partial charge in [0.15, 0.2) is 6.61 Å². The highest BCUT2D eigenvalue weighted by Gasteiger charge is 2.06. The molecule has 5 nitrogen and oxygen atoms in total. The molecule has 0 unspecified atom stereocenters. The zero-order valence-electron chi connectivity index (χ0n) is 9.43. The van der Waals surface area contributed by atoms with Crippen LogP contribution in [0, 0.1) is 6.92 Å². The lowest BCUT2D eigenvalue weighted by atomic mass is 10.3. The van der Waals surface area contributed by atoms with E-state index in [-0.39, 0.29) is 12.5 Å². The standard InChI is InChI=1S/C12H13N3O2/c1-9-7-13-15-12(9)14-11(16)8-17-10-5-3-2-4-6-10/h2-7H,8H2,1H3,(H2,13,14,15,16). The number of ether oxygens (including phenoxy) is 1. The summed E-state index contributed by atoms with van der Waals surface area (Å²) in [5.41, 5.74) is 0.887. The number of hydrogen-bond acceptors (Lipinski definition) is 3. The molecule has 5 heteroatoms. The van der Waals surface area contributed by atoms with E-state index in [0.29, 0.717) is 11.6 Å². The van der Waals surface area contributed by atoms with E-state index in [4.69, 9.17) is 4.74 Å². The number of carbonyl (C=O) groups is 1. The van der Waals surface area contributed by atoms with Crippen molar-refractivity contribution in [3.63, 3.8) is 0 Å². The first-order chi connectivity index (χ1) is 8.25. The normalized spacial score (nSPS) is 9.94. The summed E-state index contributed by atoms with van der Waals surface area (Å²) in [6.45, 7) is 1.83. The molecule has 1 heterocycles. The first-order valence-corrected chi connectivity index (χ1v) is 5.23. The molecule has 0 radical (unpaired) electrons. The van der Waals surface area contributed by atoms with Gasteiger partial charge < -0.3 is 10.1 Å². The first kappa shape index (κ1) is 11.2. The number of H-pyrrole nitrogens is 1. The van der Waals surface area contributed by atoms with E-state index in [9.17, 15) is 4.79 Å². The van der Waals surface area contributed by atoms with Crippen LogP contribution in [0.2, 0.25) is 0 Å². The highest BCUT2D eigenvalue weighted by atomic mass is 16.5. The Balaban J connectivity index is 1.85. The lowest BCUT2D eigenvalue weighted by Crippen LogP contribution is -2.20. The van der Waals surface area contributed by atoms with Crippen molar-refractivity contribution in [2.75, 3.05) is 11.9 Å². The van der Waals surface area contributed by atoms with Crippen molar-refractivity contribution in [3.05, 3.63) is 42.1 Å². The van der Waals surface area contributed by atoms with Gasteiger partial charge in [0.05, 0.1) is 6.20 Å². The number of aromatic nitrogens is 2. The second-order valence-electron chi connectivity index (χ2n) is 3.58. The number of aryl methyl sites for hydroxylation is 1. The monoisotopic (exact) mass is 231 g/mol. The molecule has 2 rings (SSSR count). The second-order valence-corrected chi connectivity index (χ2v) is 3.58. The molecule has 88 valence electrons. The van der Waals surface area contributed by atoms with Crippen molar-refractivity contribution < 1.29 is 9.53 Å². The first-order valence-electron chi connectivity index (χ1n) is 5.23. The summed E-state index contributed by atoms with van der Waals surface area (Å²) in [5, 5.41) is 9.19. The SMILES string of the molecule is Cc1cn[nH]c1NC(=O)COc1ccccc1. The van der Waals surface area contributed by atoms with Crippen molar-refractivity contribution in [1.82, 2.24) is 10.2 Å². The van der Waals surface area contributed by atoms with Crippen LogP contribution in [0.15, 0.2) is 36.5 Å². The van der Waals surface area contributed by atoms with Crippen LogP contribution in [0.1, 0.15) is 5.56 Å². The summed E-state index contributed by atoms with van der Waals surface area (Å²) in [4.78, 5) is 11.6. The van der Waals surface area contributed by atoms with Crippen molar-refractivity contribution in [2.24, 2.45) is 0 Å². The van der Waals surface area contributed by atoms with Crippen LogP contribution in [0.4, 0.5) is 5.82 Å². The Morgan fingerprint density at radius 1 is 1.41 bits per heavy atom.